The SMILES string of the molecule is CNC(=O)CNC(=O)CN1C(=O)NC2(CCCCc3ccccc32)C1=O. The van der Waals surface area contributed by atoms with Crippen LogP contribution in [0.4, 0.5) is 4.79 Å². The van der Waals surface area contributed by atoms with Gasteiger partial charge in [0, 0.05) is 7.05 Å². The van der Waals surface area contributed by atoms with Gasteiger partial charge in [0.25, 0.3) is 5.91 Å². The zero-order valence-electron chi connectivity index (χ0n) is 14.6. The number of imide groups is 1. The number of urea groups is 1. The fraction of sp³-hybridized carbons (Fsp3) is 0.444. The van der Waals surface area contributed by atoms with Gasteiger partial charge in [-0.05, 0) is 36.8 Å². The molecule has 5 amide bonds. The highest BCUT2D eigenvalue weighted by molar-refractivity contribution is 6.09. The Morgan fingerprint density at radius 2 is 1.96 bits per heavy atom. The molecule has 3 rings (SSSR count). The number of aryl methyl sites for hydroxylation is 1. The number of hydrogen-bond acceptors (Lipinski definition) is 4. The number of carbonyl (C=O) groups is 4. The van der Waals surface area contributed by atoms with Crippen molar-refractivity contribution >= 4 is 23.8 Å². The van der Waals surface area contributed by atoms with Crippen LogP contribution in [0.5, 0.6) is 0 Å². The van der Waals surface area contributed by atoms with Crippen LogP contribution in [0.15, 0.2) is 24.3 Å². The van der Waals surface area contributed by atoms with Crippen molar-refractivity contribution in [3.63, 3.8) is 0 Å². The number of hydrogen-bond donors (Lipinski definition) is 3. The number of likely N-dealkylation sites (N-methyl/N-ethyl adjacent to an activating group) is 1. The highest BCUT2D eigenvalue weighted by Crippen LogP contribution is 2.38. The first-order chi connectivity index (χ1) is 12.5. The van der Waals surface area contributed by atoms with E-state index in [0.29, 0.717) is 6.42 Å². The third kappa shape index (κ3) is 3.14. The van der Waals surface area contributed by atoms with Gasteiger partial charge in [-0.2, -0.15) is 0 Å². The molecule has 2 aliphatic rings. The van der Waals surface area contributed by atoms with Crippen LogP contribution in [-0.2, 0) is 26.3 Å². The first-order valence-electron chi connectivity index (χ1n) is 8.68. The van der Waals surface area contributed by atoms with Crippen LogP contribution in [0.1, 0.15) is 30.4 Å². The van der Waals surface area contributed by atoms with Gasteiger partial charge in [-0.25, -0.2) is 4.79 Å². The molecule has 1 aliphatic carbocycles. The second kappa shape index (κ2) is 7.15. The zero-order valence-corrected chi connectivity index (χ0v) is 14.6. The summed E-state index contributed by atoms with van der Waals surface area (Å²) in [5, 5.41) is 7.61. The molecule has 1 aliphatic heterocycles. The Kier molecular flexibility index (Phi) is 4.92. The molecule has 8 nitrogen and oxygen atoms in total. The molecule has 0 aromatic heterocycles. The molecule has 1 heterocycles. The average molecular weight is 358 g/mol. The molecule has 138 valence electrons. The molecule has 8 heteroatoms. The lowest BCUT2D eigenvalue weighted by Gasteiger charge is -2.27. The predicted molar refractivity (Wildman–Crippen MR) is 93.0 cm³/mol. The van der Waals surface area contributed by atoms with Crippen LogP contribution in [0, 0.1) is 0 Å². The predicted octanol–water partition coefficient (Wildman–Crippen LogP) is 0.0223. The van der Waals surface area contributed by atoms with Crippen molar-refractivity contribution < 1.29 is 19.2 Å². The van der Waals surface area contributed by atoms with Crippen molar-refractivity contribution in [3.05, 3.63) is 35.4 Å². The highest BCUT2D eigenvalue weighted by atomic mass is 16.2. The van der Waals surface area contributed by atoms with Gasteiger partial charge in [0.05, 0.1) is 6.54 Å². The Morgan fingerprint density at radius 1 is 1.19 bits per heavy atom. The van der Waals surface area contributed by atoms with Crippen molar-refractivity contribution in [2.75, 3.05) is 20.1 Å². The van der Waals surface area contributed by atoms with Crippen LogP contribution >= 0.6 is 0 Å². The lowest BCUT2D eigenvalue weighted by molar-refractivity contribution is -0.135. The molecule has 1 unspecified atom stereocenters. The van der Waals surface area contributed by atoms with E-state index in [1.54, 1.807) is 0 Å². The maximum Gasteiger partial charge on any atom is 0.325 e. The van der Waals surface area contributed by atoms with Crippen molar-refractivity contribution in [3.8, 4) is 0 Å². The first-order valence-corrected chi connectivity index (χ1v) is 8.68. The number of fused-ring (bicyclic) bond motifs is 2. The summed E-state index contributed by atoms with van der Waals surface area (Å²) in [5.74, 6) is -1.33. The number of rotatable bonds is 4. The van der Waals surface area contributed by atoms with Gasteiger partial charge in [-0.15, -0.1) is 0 Å². The lowest BCUT2D eigenvalue weighted by atomic mass is 9.84. The molecule has 1 atom stereocenters. The number of amides is 5. The Labute approximate surface area is 151 Å². The molecule has 0 saturated carbocycles. The van der Waals surface area contributed by atoms with Crippen molar-refractivity contribution in [2.24, 2.45) is 0 Å². The molecular weight excluding hydrogens is 336 g/mol. The largest absolute Gasteiger partial charge is 0.358 e. The summed E-state index contributed by atoms with van der Waals surface area (Å²) in [4.78, 5) is 49.7. The molecule has 1 aromatic rings. The molecule has 0 bridgehead atoms. The fourth-order valence-electron chi connectivity index (χ4n) is 3.58. The van der Waals surface area contributed by atoms with Gasteiger partial charge in [-0.3, -0.25) is 19.3 Å². The molecule has 0 radical (unpaired) electrons. The monoisotopic (exact) mass is 358 g/mol. The zero-order chi connectivity index (χ0) is 18.7. The Hall–Kier alpha value is -2.90. The average Bonchev–Trinajstić information content (AvgIpc) is 2.79. The highest BCUT2D eigenvalue weighted by Gasteiger charge is 2.53. The van der Waals surface area contributed by atoms with E-state index in [1.165, 1.54) is 7.05 Å². The smallest absolute Gasteiger partial charge is 0.325 e. The molecule has 1 spiro atoms. The summed E-state index contributed by atoms with van der Waals surface area (Å²) in [5.41, 5.74) is 0.749. The van der Waals surface area contributed by atoms with E-state index in [-0.39, 0.29) is 12.5 Å². The minimum absolute atomic E-state index is 0.201. The van der Waals surface area contributed by atoms with E-state index < -0.39 is 29.9 Å². The van der Waals surface area contributed by atoms with Gasteiger partial charge in [0.15, 0.2) is 0 Å². The summed E-state index contributed by atoms with van der Waals surface area (Å²) < 4.78 is 0. The van der Waals surface area contributed by atoms with E-state index in [2.05, 4.69) is 16.0 Å². The minimum atomic E-state index is -1.11. The molecule has 1 fully saturated rings. The van der Waals surface area contributed by atoms with Gasteiger partial charge in [0.2, 0.25) is 11.8 Å². The molecule has 3 N–H and O–H groups in total. The van der Waals surface area contributed by atoms with Gasteiger partial charge in [-0.1, -0.05) is 24.3 Å². The minimum Gasteiger partial charge on any atom is -0.358 e. The second-order valence-electron chi connectivity index (χ2n) is 6.54. The standard InChI is InChI=1S/C18H22N4O4/c1-19-14(23)10-20-15(24)11-22-16(25)18(21-17(22)26)9-5-4-7-12-6-2-3-8-13(12)18/h2-3,6,8H,4-5,7,9-11H2,1H3,(H,19,23)(H,20,24)(H,21,26). The maximum atomic E-state index is 13.1. The third-order valence-electron chi connectivity index (χ3n) is 4.93. The van der Waals surface area contributed by atoms with Gasteiger partial charge < -0.3 is 16.0 Å². The maximum absolute atomic E-state index is 13.1. The quantitative estimate of drug-likeness (QED) is 0.660. The van der Waals surface area contributed by atoms with Crippen molar-refractivity contribution in [1.29, 1.82) is 0 Å². The van der Waals surface area contributed by atoms with Crippen LogP contribution in [0.25, 0.3) is 0 Å². The molecule has 26 heavy (non-hydrogen) atoms. The van der Waals surface area contributed by atoms with E-state index in [9.17, 15) is 19.2 Å². The summed E-state index contributed by atoms with van der Waals surface area (Å²) in [7, 11) is 1.46. The topological polar surface area (TPSA) is 108 Å². The number of carbonyl (C=O) groups excluding carboxylic acids is 4. The molecule has 1 aromatic carbocycles. The third-order valence-corrected chi connectivity index (χ3v) is 4.93. The first kappa shape index (κ1) is 17.9. The van der Waals surface area contributed by atoms with Crippen molar-refractivity contribution in [1.82, 2.24) is 20.9 Å². The fourth-order valence-corrected chi connectivity index (χ4v) is 3.58. The van der Waals surface area contributed by atoms with Crippen LogP contribution in [0.2, 0.25) is 0 Å². The van der Waals surface area contributed by atoms with Crippen LogP contribution < -0.4 is 16.0 Å². The van der Waals surface area contributed by atoms with E-state index in [0.717, 1.165) is 35.3 Å². The van der Waals surface area contributed by atoms with E-state index in [4.69, 9.17) is 0 Å². The van der Waals surface area contributed by atoms with E-state index in [1.807, 2.05) is 24.3 Å². The van der Waals surface area contributed by atoms with Crippen LogP contribution in [0.3, 0.4) is 0 Å². The summed E-state index contributed by atoms with van der Waals surface area (Å²) in [6, 6.07) is 7.03. The Morgan fingerprint density at radius 3 is 2.73 bits per heavy atom. The van der Waals surface area contributed by atoms with Gasteiger partial charge in [0.1, 0.15) is 12.1 Å². The normalized spacial score (nSPS) is 21.8. The van der Waals surface area contributed by atoms with Crippen LogP contribution in [-0.4, -0.2) is 48.8 Å². The summed E-state index contributed by atoms with van der Waals surface area (Å²) in [6.45, 7) is -0.613. The summed E-state index contributed by atoms with van der Waals surface area (Å²) in [6.07, 6.45) is 3.10. The number of nitrogens with zero attached hydrogens (tertiary/aromatic N) is 1. The van der Waals surface area contributed by atoms with E-state index >= 15 is 0 Å². The Balaban J connectivity index is 1.81. The Bertz CT molecular complexity index is 763. The summed E-state index contributed by atoms with van der Waals surface area (Å²) >= 11 is 0. The number of nitrogens with one attached hydrogen (secondary N) is 3. The second-order valence-corrected chi connectivity index (χ2v) is 6.54. The lowest BCUT2D eigenvalue weighted by Crippen LogP contribution is -2.46. The molecular formula is C18H22N4O4. The van der Waals surface area contributed by atoms with Gasteiger partial charge >= 0.3 is 6.03 Å². The van der Waals surface area contributed by atoms with Crippen molar-refractivity contribution in [2.45, 2.75) is 31.2 Å². The number of benzene rings is 1. The molecule has 1 saturated heterocycles.